The van der Waals surface area contributed by atoms with Crippen molar-refractivity contribution in [1.82, 2.24) is 0 Å². The Hall–Kier alpha value is 0.317. The predicted octanol–water partition coefficient (Wildman–Crippen LogP) is 2.31. The van der Waals surface area contributed by atoms with Crippen LogP contribution in [0.3, 0.4) is 0 Å². The lowest BCUT2D eigenvalue weighted by atomic mass is 10.2. The van der Waals surface area contributed by atoms with Gasteiger partial charge >= 0.3 is 0 Å². The van der Waals surface area contributed by atoms with E-state index in [0.29, 0.717) is 6.61 Å². The Morgan fingerprint density at radius 1 is 1.55 bits per heavy atom. The van der Waals surface area contributed by atoms with E-state index >= 15 is 0 Å². The molecule has 0 heterocycles. The van der Waals surface area contributed by atoms with Crippen LogP contribution in [0.4, 0.5) is 0 Å². The van der Waals surface area contributed by atoms with Crippen molar-refractivity contribution < 1.29 is 4.43 Å². The molecule has 11 heavy (non-hydrogen) atoms. The molecule has 0 spiro atoms. The summed E-state index contributed by atoms with van der Waals surface area (Å²) in [7, 11) is -0.685. The smallest absolute Gasteiger partial charge is 0.204 e. The highest BCUT2D eigenvalue weighted by atomic mass is 35.5. The molecule has 63 valence electrons. The summed E-state index contributed by atoms with van der Waals surface area (Å²) >= 11 is 11.2. The van der Waals surface area contributed by atoms with E-state index in [1.807, 2.05) is 13.1 Å². The van der Waals surface area contributed by atoms with Crippen LogP contribution >= 0.6 is 23.2 Å². The summed E-state index contributed by atoms with van der Waals surface area (Å²) in [4.78, 5) is -0.527. The molecule has 0 saturated heterocycles. The van der Waals surface area contributed by atoms with Gasteiger partial charge < -0.3 is 4.43 Å². The van der Waals surface area contributed by atoms with E-state index in [4.69, 9.17) is 34.1 Å². The van der Waals surface area contributed by atoms with Crippen LogP contribution in [0.5, 0.6) is 0 Å². The van der Waals surface area contributed by atoms with Gasteiger partial charge in [0, 0.05) is 0 Å². The fourth-order valence-corrected chi connectivity index (χ4v) is 1.25. The van der Waals surface area contributed by atoms with Gasteiger partial charge in [-0.05, 0) is 13.1 Å². The zero-order valence-electron chi connectivity index (χ0n) is 6.60. The molecule has 0 rings (SSSR count). The number of hydrogen-bond acceptors (Lipinski definition) is 1. The molecule has 0 aliphatic carbocycles. The Balaban J connectivity index is 3.64. The Morgan fingerprint density at radius 2 is 2.09 bits per heavy atom. The third-order valence-electron chi connectivity index (χ3n) is 1.07. The fourth-order valence-electron chi connectivity index (χ4n) is 0.450. The third kappa shape index (κ3) is 5.57. The van der Waals surface area contributed by atoms with Crippen LogP contribution in [0.15, 0.2) is 0 Å². The van der Waals surface area contributed by atoms with Gasteiger partial charge in [-0.3, -0.25) is 0 Å². The summed E-state index contributed by atoms with van der Waals surface area (Å²) in [5, 5.41) is 0. The summed E-state index contributed by atoms with van der Waals surface area (Å²) in [6, 6.07) is 0. The van der Waals surface area contributed by atoms with Gasteiger partial charge in [0.1, 0.15) is 4.84 Å². The molecule has 0 aromatic rings. The summed E-state index contributed by atoms with van der Waals surface area (Å²) in [5.41, 5.74) is 0. The molecule has 1 nitrogen and oxygen atoms in total. The minimum absolute atomic E-state index is 0.182. The molecule has 1 atom stereocenters. The van der Waals surface area contributed by atoms with Crippen molar-refractivity contribution in [3.8, 4) is 12.3 Å². The molecule has 0 fully saturated rings. The summed E-state index contributed by atoms with van der Waals surface area (Å²) in [5.74, 6) is 2.30. The van der Waals surface area contributed by atoms with Crippen LogP contribution in [0.2, 0.25) is 13.1 Å². The predicted molar refractivity (Wildman–Crippen MR) is 51.3 cm³/mol. The quantitative estimate of drug-likeness (QED) is 0.393. The monoisotopic (exact) mass is 209 g/mol. The normalized spacial score (nSPS) is 13.5. The number of rotatable bonds is 4. The number of hydrogen-bond donors (Lipinski definition) is 0. The molecular formula is C7H11Cl2OSi. The van der Waals surface area contributed by atoms with Gasteiger partial charge in [0.25, 0.3) is 0 Å². The second-order valence-electron chi connectivity index (χ2n) is 2.33. The average molecular weight is 210 g/mol. The second-order valence-corrected chi connectivity index (χ2v) is 5.60. The first kappa shape index (κ1) is 11.3. The highest BCUT2D eigenvalue weighted by Gasteiger charge is 2.14. The van der Waals surface area contributed by atoms with Crippen molar-refractivity contribution in [3.05, 3.63) is 0 Å². The van der Waals surface area contributed by atoms with E-state index in [1.165, 1.54) is 0 Å². The molecule has 0 aliphatic rings. The molecule has 0 aromatic carbocycles. The highest BCUT2D eigenvalue weighted by Crippen LogP contribution is 2.14. The lowest BCUT2D eigenvalue weighted by molar-refractivity contribution is 0.293. The van der Waals surface area contributed by atoms with Gasteiger partial charge in [-0.2, -0.15) is 0 Å². The molecule has 4 heteroatoms. The average Bonchev–Trinajstić information content (AvgIpc) is 1.87. The van der Waals surface area contributed by atoms with Gasteiger partial charge in [0.2, 0.25) is 9.04 Å². The molecule has 0 amide bonds. The van der Waals surface area contributed by atoms with E-state index < -0.39 is 13.9 Å². The van der Waals surface area contributed by atoms with Crippen LogP contribution in [0, 0.1) is 18.3 Å². The maximum absolute atomic E-state index is 5.58. The molecule has 0 aliphatic heterocycles. The van der Waals surface area contributed by atoms with Crippen molar-refractivity contribution in [3.63, 3.8) is 0 Å². The Kier molecular flexibility index (Phi) is 6.07. The van der Waals surface area contributed by atoms with E-state index in [-0.39, 0.29) is 5.92 Å². The van der Waals surface area contributed by atoms with Crippen molar-refractivity contribution in [2.75, 3.05) is 6.61 Å². The highest BCUT2D eigenvalue weighted by molar-refractivity contribution is 6.48. The molecule has 0 saturated carbocycles. The summed E-state index contributed by atoms with van der Waals surface area (Å²) in [6.07, 6.45) is 5.17. The lowest BCUT2D eigenvalue weighted by Crippen LogP contribution is -2.19. The van der Waals surface area contributed by atoms with Crippen molar-refractivity contribution in [2.24, 2.45) is 5.92 Å². The number of halogens is 2. The van der Waals surface area contributed by atoms with Gasteiger partial charge in [0.05, 0.1) is 12.5 Å². The molecule has 1 unspecified atom stereocenters. The molecule has 1 radical (unpaired) electrons. The van der Waals surface area contributed by atoms with Crippen LogP contribution in [-0.4, -0.2) is 20.5 Å². The third-order valence-corrected chi connectivity index (χ3v) is 2.42. The largest absolute Gasteiger partial charge is 0.416 e. The van der Waals surface area contributed by atoms with Gasteiger partial charge in [-0.25, -0.2) is 0 Å². The van der Waals surface area contributed by atoms with Crippen LogP contribution in [-0.2, 0) is 4.43 Å². The fraction of sp³-hybridized carbons (Fsp3) is 0.714. The van der Waals surface area contributed by atoms with Crippen LogP contribution in [0.1, 0.15) is 0 Å². The minimum Gasteiger partial charge on any atom is -0.416 e. The standard InChI is InChI=1S/C7H11Cl2OSi/c1-4-6(7(8)9)5-10-11(2)3/h1,6-7H,5H2,2-3H3. The molecule has 0 bridgehead atoms. The second kappa shape index (κ2) is 5.90. The number of alkyl halides is 2. The molecular weight excluding hydrogens is 199 g/mol. The zero-order chi connectivity index (χ0) is 8.85. The van der Waals surface area contributed by atoms with Crippen molar-refractivity contribution in [2.45, 2.75) is 17.9 Å². The van der Waals surface area contributed by atoms with E-state index in [0.717, 1.165) is 0 Å². The first-order valence-electron chi connectivity index (χ1n) is 3.25. The van der Waals surface area contributed by atoms with E-state index in [9.17, 15) is 0 Å². The van der Waals surface area contributed by atoms with Crippen LogP contribution in [0.25, 0.3) is 0 Å². The van der Waals surface area contributed by atoms with E-state index in [2.05, 4.69) is 5.92 Å². The molecule has 0 N–H and O–H groups in total. The molecule has 0 aromatic heterocycles. The SMILES string of the molecule is C#CC(CO[Si](C)C)C(Cl)Cl. The first-order chi connectivity index (χ1) is 5.07. The Labute approximate surface area is 79.7 Å². The van der Waals surface area contributed by atoms with Crippen molar-refractivity contribution >= 4 is 32.2 Å². The Morgan fingerprint density at radius 3 is 2.36 bits per heavy atom. The van der Waals surface area contributed by atoms with Crippen LogP contribution < -0.4 is 0 Å². The summed E-state index contributed by atoms with van der Waals surface area (Å²) < 4.78 is 5.35. The van der Waals surface area contributed by atoms with Gasteiger partial charge in [-0.1, -0.05) is 5.92 Å². The van der Waals surface area contributed by atoms with E-state index in [1.54, 1.807) is 0 Å². The van der Waals surface area contributed by atoms with Gasteiger partial charge in [0.15, 0.2) is 0 Å². The summed E-state index contributed by atoms with van der Waals surface area (Å²) in [6.45, 7) is 4.54. The topological polar surface area (TPSA) is 9.23 Å². The maximum atomic E-state index is 5.58. The first-order valence-corrected chi connectivity index (χ1v) is 6.53. The minimum atomic E-state index is -0.685. The number of terminal acetylenes is 1. The Bertz CT molecular complexity index is 142. The maximum Gasteiger partial charge on any atom is 0.204 e. The lowest BCUT2D eigenvalue weighted by Gasteiger charge is -2.12. The van der Waals surface area contributed by atoms with Crippen molar-refractivity contribution in [1.29, 1.82) is 0 Å². The zero-order valence-corrected chi connectivity index (χ0v) is 9.12. The van der Waals surface area contributed by atoms with Gasteiger partial charge in [-0.15, -0.1) is 29.6 Å².